The molecule has 1 saturated carbocycles. The van der Waals surface area contributed by atoms with E-state index in [1.54, 1.807) is 7.11 Å². The molecular weight excluding hydrogens is 470 g/mol. The minimum atomic E-state index is -0.182. The smallest absolute Gasteiger partial charge is 0.410 e. The molecule has 3 atom stereocenters. The quantitative estimate of drug-likeness (QED) is 0.373. The average Bonchev–Trinajstić information content (AvgIpc) is 2.92. The van der Waals surface area contributed by atoms with Gasteiger partial charge < -0.3 is 14.4 Å². The van der Waals surface area contributed by atoms with Crippen molar-refractivity contribution in [1.82, 2.24) is 4.90 Å². The van der Waals surface area contributed by atoms with Crippen LogP contribution in [0.15, 0.2) is 66.7 Å². The fourth-order valence-corrected chi connectivity index (χ4v) is 7.22. The molecule has 1 amide bonds. The van der Waals surface area contributed by atoms with Crippen molar-refractivity contribution < 1.29 is 14.3 Å². The molecule has 0 aromatic heterocycles. The summed E-state index contributed by atoms with van der Waals surface area (Å²) in [5.74, 6) is 1.38. The van der Waals surface area contributed by atoms with E-state index >= 15 is 0 Å². The molecule has 2 aliphatic carbocycles. The normalized spacial score (nSPS) is 24.4. The van der Waals surface area contributed by atoms with E-state index in [-0.39, 0.29) is 17.6 Å². The lowest BCUT2D eigenvalue weighted by Crippen LogP contribution is -2.62. The number of halogens is 1. The van der Waals surface area contributed by atoms with Gasteiger partial charge in [0.05, 0.1) is 7.11 Å². The molecule has 4 nitrogen and oxygen atoms in total. The Labute approximate surface area is 218 Å². The number of amides is 1. The van der Waals surface area contributed by atoms with Crippen molar-refractivity contribution in [2.24, 2.45) is 5.92 Å². The Hall–Kier alpha value is -2.98. The van der Waals surface area contributed by atoms with Crippen molar-refractivity contribution in [2.45, 2.75) is 56.6 Å². The van der Waals surface area contributed by atoms with Crippen LogP contribution < -0.4 is 4.74 Å². The van der Waals surface area contributed by atoms with Crippen LogP contribution in [-0.2, 0) is 23.2 Å². The molecule has 5 heteroatoms. The first-order valence-corrected chi connectivity index (χ1v) is 13.4. The molecule has 2 bridgehead atoms. The van der Waals surface area contributed by atoms with Gasteiger partial charge in [-0.3, -0.25) is 0 Å². The van der Waals surface area contributed by atoms with E-state index in [1.165, 1.54) is 30.4 Å². The van der Waals surface area contributed by atoms with Crippen LogP contribution in [0.3, 0.4) is 0 Å². The summed E-state index contributed by atoms with van der Waals surface area (Å²) in [4.78, 5) is 15.4. The predicted molar refractivity (Wildman–Crippen MR) is 143 cm³/mol. The topological polar surface area (TPSA) is 38.8 Å². The number of carbonyl (C=O) groups is 1. The highest BCUT2D eigenvalue weighted by molar-refractivity contribution is 6.30. The lowest BCUT2D eigenvalue weighted by Gasteiger charge is -2.58. The SMILES string of the molecule is COc1cc2c(cc1-c1ccc(Cl)cc1)C[C@H]1[C@H]3CCCC[C@@]23CCN1C(=O)OCc1ccccc1. The van der Waals surface area contributed by atoms with Crippen LogP contribution in [0.2, 0.25) is 5.02 Å². The van der Waals surface area contributed by atoms with Crippen molar-refractivity contribution in [2.75, 3.05) is 13.7 Å². The zero-order valence-electron chi connectivity index (χ0n) is 20.7. The van der Waals surface area contributed by atoms with Gasteiger partial charge >= 0.3 is 6.09 Å². The second-order valence-corrected chi connectivity index (χ2v) is 10.9. The molecule has 3 aliphatic rings. The van der Waals surface area contributed by atoms with E-state index in [1.807, 2.05) is 59.5 Å². The molecule has 0 unspecified atom stereocenters. The predicted octanol–water partition coefficient (Wildman–Crippen LogP) is 7.41. The van der Waals surface area contributed by atoms with Crippen LogP contribution in [0.1, 0.15) is 48.8 Å². The second kappa shape index (κ2) is 9.48. The molecule has 1 aliphatic heterocycles. The van der Waals surface area contributed by atoms with Crippen molar-refractivity contribution in [3.8, 4) is 16.9 Å². The molecule has 1 saturated heterocycles. The summed E-state index contributed by atoms with van der Waals surface area (Å²) in [6, 6.07) is 22.6. The van der Waals surface area contributed by atoms with Gasteiger partial charge in [-0.1, -0.05) is 66.9 Å². The molecule has 1 heterocycles. The number of piperidine rings is 1. The number of likely N-dealkylation sites (tertiary alicyclic amines) is 1. The van der Waals surface area contributed by atoms with Gasteiger partial charge in [0.25, 0.3) is 0 Å². The Morgan fingerprint density at radius 1 is 1.06 bits per heavy atom. The van der Waals surface area contributed by atoms with Crippen molar-refractivity contribution >= 4 is 17.7 Å². The van der Waals surface area contributed by atoms with Crippen LogP contribution in [0.25, 0.3) is 11.1 Å². The molecular formula is C31H32ClNO3. The summed E-state index contributed by atoms with van der Waals surface area (Å²) < 4.78 is 11.7. The number of carbonyl (C=O) groups excluding carboxylic acids is 1. The van der Waals surface area contributed by atoms with Crippen LogP contribution >= 0.6 is 11.6 Å². The maximum atomic E-state index is 13.3. The van der Waals surface area contributed by atoms with Gasteiger partial charge in [-0.2, -0.15) is 0 Å². The van der Waals surface area contributed by atoms with Gasteiger partial charge in [0.15, 0.2) is 0 Å². The summed E-state index contributed by atoms with van der Waals surface area (Å²) in [5, 5.41) is 0.721. The zero-order valence-corrected chi connectivity index (χ0v) is 21.5. The highest BCUT2D eigenvalue weighted by Crippen LogP contribution is 2.57. The fourth-order valence-electron chi connectivity index (χ4n) is 7.10. The minimum Gasteiger partial charge on any atom is -0.496 e. The van der Waals surface area contributed by atoms with Crippen molar-refractivity contribution in [3.63, 3.8) is 0 Å². The van der Waals surface area contributed by atoms with Crippen LogP contribution in [0, 0.1) is 5.92 Å². The summed E-state index contributed by atoms with van der Waals surface area (Å²) in [6.45, 7) is 1.06. The van der Waals surface area contributed by atoms with Gasteiger partial charge in [0, 0.05) is 28.6 Å². The maximum Gasteiger partial charge on any atom is 0.410 e. The number of rotatable bonds is 4. The molecule has 0 radical (unpaired) electrons. The zero-order chi connectivity index (χ0) is 24.7. The third-order valence-electron chi connectivity index (χ3n) is 8.75. The highest BCUT2D eigenvalue weighted by Gasteiger charge is 2.55. The lowest BCUT2D eigenvalue weighted by atomic mass is 9.52. The van der Waals surface area contributed by atoms with E-state index in [9.17, 15) is 4.79 Å². The summed E-state index contributed by atoms with van der Waals surface area (Å²) >= 11 is 6.16. The van der Waals surface area contributed by atoms with E-state index in [2.05, 4.69) is 12.1 Å². The fraction of sp³-hybridized carbons (Fsp3) is 0.387. The average molecular weight is 502 g/mol. The van der Waals surface area contributed by atoms with Crippen LogP contribution in [0.5, 0.6) is 5.75 Å². The molecule has 186 valence electrons. The number of benzene rings is 3. The first-order valence-electron chi connectivity index (χ1n) is 13.0. The Balaban J connectivity index is 1.36. The third-order valence-corrected chi connectivity index (χ3v) is 9.00. The summed E-state index contributed by atoms with van der Waals surface area (Å²) in [6.07, 6.45) is 6.45. The largest absolute Gasteiger partial charge is 0.496 e. The number of methoxy groups -OCH3 is 1. The third kappa shape index (κ3) is 3.96. The second-order valence-electron chi connectivity index (χ2n) is 10.5. The molecule has 36 heavy (non-hydrogen) atoms. The standard InChI is InChI=1S/C31H32ClNO3/c1-35-29-19-27-23(17-25(29)22-10-12-24(32)13-11-22)18-28-26-9-5-6-14-31(26,27)15-16-33(28)30(34)36-20-21-7-3-2-4-8-21/h2-4,7-8,10-13,17,19,26,28H,5-6,9,14-16,18,20H2,1H3/t26-,28+,31+/m1/s1. The first-order chi connectivity index (χ1) is 17.6. The Bertz CT molecular complexity index is 1260. The summed E-state index contributed by atoms with van der Waals surface area (Å²) in [5.41, 5.74) is 6.07. The number of hydrogen-bond acceptors (Lipinski definition) is 3. The molecule has 0 spiro atoms. The number of fused-ring (bicyclic) bond motifs is 1. The first kappa shape index (κ1) is 23.4. The number of hydrogen-bond donors (Lipinski definition) is 0. The summed E-state index contributed by atoms with van der Waals surface area (Å²) in [7, 11) is 1.76. The van der Waals surface area contributed by atoms with E-state index in [4.69, 9.17) is 21.1 Å². The van der Waals surface area contributed by atoms with Crippen LogP contribution in [0.4, 0.5) is 4.79 Å². The highest BCUT2D eigenvalue weighted by atomic mass is 35.5. The molecule has 6 rings (SSSR count). The number of ether oxygens (including phenoxy) is 2. The number of nitrogens with zero attached hydrogens (tertiary/aromatic N) is 1. The lowest BCUT2D eigenvalue weighted by molar-refractivity contribution is -0.0137. The van der Waals surface area contributed by atoms with E-state index in [0.717, 1.165) is 53.3 Å². The molecule has 3 aromatic carbocycles. The van der Waals surface area contributed by atoms with Gasteiger partial charge in [0.1, 0.15) is 12.4 Å². The van der Waals surface area contributed by atoms with E-state index in [0.29, 0.717) is 12.5 Å². The minimum absolute atomic E-state index is 0.110. The van der Waals surface area contributed by atoms with Crippen LogP contribution in [-0.4, -0.2) is 30.7 Å². The van der Waals surface area contributed by atoms with Crippen molar-refractivity contribution in [3.05, 3.63) is 88.4 Å². The molecule has 2 fully saturated rings. The molecule has 3 aromatic rings. The monoisotopic (exact) mass is 501 g/mol. The Morgan fingerprint density at radius 2 is 1.86 bits per heavy atom. The van der Waals surface area contributed by atoms with Gasteiger partial charge in [-0.25, -0.2) is 4.79 Å². The van der Waals surface area contributed by atoms with Gasteiger partial charge in [-0.15, -0.1) is 0 Å². The molecule has 0 N–H and O–H groups in total. The van der Waals surface area contributed by atoms with Crippen molar-refractivity contribution in [1.29, 1.82) is 0 Å². The van der Waals surface area contributed by atoms with Gasteiger partial charge in [-0.05, 0) is 78.1 Å². The Morgan fingerprint density at radius 3 is 2.64 bits per heavy atom. The van der Waals surface area contributed by atoms with E-state index < -0.39 is 0 Å². The maximum absolute atomic E-state index is 13.3. The Kier molecular flexibility index (Phi) is 6.17. The van der Waals surface area contributed by atoms with Gasteiger partial charge in [0.2, 0.25) is 0 Å².